The summed E-state index contributed by atoms with van der Waals surface area (Å²) >= 11 is 0. The summed E-state index contributed by atoms with van der Waals surface area (Å²) in [6.45, 7) is 4.46. The lowest BCUT2D eigenvalue weighted by molar-refractivity contribution is -0.0856. The van der Waals surface area contributed by atoms with Gasteiger partial charge in [-0.05, 0) is 31.9 Å². The van der Waals surface area contributed by atoms with E-state index in [9.17, 15) is 0 Å². The molecule has 0 aliphatic carbocycles. The van der Waals surface area contributed by atoms with E-state index in [2.05, 4.69) is 42.2 Å². The number of rotatable bonds is 1. The Balaban J connectivity index is 1.82. The lowest BCUT2D eigenvalue weighted by atomic mass is 9.99. The van der Waals surface area contributed by atoms with Crippen LogP contribution < -0.4 is 0 Å². The Morgan fingerprint density at radius 2 is 2.06 bits per heavy atom. The first kappa shape index (κ1) is 10.3. The monoisotopic (exact) mass is 217 g/mol. The maximum Gasteiger partial charge on any atom is 0.0978 e. The van der Waals surface area contributed by atoms with Crippen molar-refractivity contribution in [1.29, 1.82) is 0 Å². The molecule has 1 aromatic carbocycles. The highest BCUT2D eigenvalue weighted by Crippen LogP contribution is 2.34. The van der Waals surface area contributed by atoms with Crippen LogP contribution in [-0.2, 0) is 4.74 Å². The summed E-state index contributed by atoms with van der Waals surface area (Å²) in [6, 6.07) is 11.8. The number of hydrogen-bond donors (Lipinski definition) is 0. The molecule has 0 aromatic heterocycles. The maximum absolute atomic E-state index is 6.05. The molecule has 3 atom stereocenters. The summed E-state index contributed by atoms with van der Waals surface area (Å²) in [5, 5.41) is 0. The summed E-state index contributed by atoms with van der Waals surface area (Å²) in [6.07, 6.45) is 2.90. The van der Waals surface area contributed by atoms with E-state index in [1.807, 2.05) is 0 Å². The molecule has 0 bridgehead atoms. The molecule has 2 fully saturated rings. The Kier molecular flexibility index (Phi) is 2.70. The molecular weight excluding hydrogens is 198 g/mol. The van der Waals surface area contributed by atoms with Crippen LogP contribution in [-0.4, -0.2) is 30.1 Å². The largest absolute Gasteiger partial charge is 0.370 e. The fraction of sp³-hybridized carbons (Fsp3) is 0.571. The minimum absolute atomic E-state index is 0.260. The molecule has 1 aromatic rings. The third kappa shape index (κ3) is 1.66. The third-order valence-corrected chi connectivity index (χ3v) is 3.98. The summed E-state index contributed by atoms with van der Waals surface area (Å²) in [5.74, 6) is 0. The first-order valence-corrected chi connectivity index (χ1v) is 6.28. The van der Waals surface area contributed by atoms with Crippen molar-refractivity contribution in [2.75, 3.05) is 13.2 Å². The van der Waals surface area contributed by atoms with Crippen LogP contribution in [0.15, 0.2) is 30.3 Å². The Labute approximate surface area is 97.2 Å². The van der Waals surface area contributed by atoms with E-state index < -0.39 is 0 Å². The first-order chi connectivity index (χ1) is 7.86. The zero-order chi connectivity index (χ0) is 11.0. The van der Waals surface area contributed by atoms with Crippen LogP contribution in [0.4, 0.5) is 0 Å². The molecule has 2 aliphatic rings. The second-order valence-electron chi connectivity index (χ2n) is 4.94. The molecule has 2 heteroatoms. The van der Waals surface area contributed by atoms with Gasteiger partial charge in [-0.3, -0.25) is 4.90 Å². The highest BCUT2D eigenvalue weighted by Gasteiger charge is 2.38. The van der Waals surface area contributed by atoms with Crippen LogP contribution in [0.3, 0.4) is 0 Å². The third-order valence-electron chi connectivity index (χ3n) is 3.98. The number of hydrogen-bond acceptors (Lipinski definition) is 2. The Hall–Kier alpha value is -0.860. The lowest BCUT2D eigenvalue weighted by Gasteiger charge is -2.41. The summed E-state index contributed by atoms with van der Waals surface area (Å²) in [5.41, 5.74) is 1.32. The van der Waals surface area contributed by atoms with Gasteiger partial charge in [0.2, 0.25) is 0 Å². The van der Waals surface area contributed by atoms with Gasteiger partial charge >= 0.3 is 0 Å². The first-order valence-electron chi connectivity index (χ1n) is 6.28. The highest BCUT2D eigenvalue weighted by atomic mass is 16.5. The zero-order valence-electron chi connectivity index (χ0n) is 9.80. The van der Waals surface area contributed by atoms with Crippen molar-refractivity contribution in [2.24, 2.45) is 0 Å². The standard InChI is InChI=1S/C14H19NO/c1-11-14(12-6-3-2-4-7-12)16-10-13-8-5-9-15(11)13/h2-4,6-7,11,13-14H,5,8-10H2,1H3/t11-,13-,14-/m1/s1. The van der Waals surface area contributed by atoms with Gasteiger partial charge < -0.3 is 4.74 Å². The predicted molar refractivity (Wildman–Crippen MR) is 64.3 cm³/mol. The average Bonchev–Trinajstić information content (AvgIpc) is 2.80. The van der Waals surface area contributed by atoms with Gasteiger partial charge in [-0.2, -0.15) is 0 Å². The number of fused-ring (bicyclic) bond motifs is 1. The van der Waals surface area contributed by atoms with Gasteiger partial charge in [-0.1, -0.05) is 30.3 Å². The molecule has 2 saturated heterocycles. The zero-order valence-corrected chi connectivity index (χ0v) is 9.80. The van der Waals surface area contributed by atoms with E-state index in [0.29, 0.717) is 12.1 Å². The molecule has 0 N–H and O–H groups in total. The van der Waals surface area contributed by atoms with Crippen LogP contribution in [0, 0.1) is 0 Å². The molecule has 0 radical (unpaired) electrons. The van der Waals surface area contributed by atoms with E-state index in [4.69, 9.17) is 4.74 Å². The van der Waals surface area contributed by atoms with Crippen molar-refractivity contribution < 1.29 is 4.74 Å². The topological polar surface area (TPSA) is 12.5 Å². The predicted octanol–water partition coefficient (Wildman–Crippen LogP) is 2.61. The minimum atomic E-state index is 0.260. The van der Waals surface area contributed by atoms with E-state index in [1.54, 1.807) is 0 Å². The van der Waals surface area contributed by atoms with Crippen LogP contribution in [0.25, 0.3) is 0 Å². The number of benzene rings is 1. The Bertz CT molecular complexity index is 351. The molecular formula is C14H19NO. The molecule has 0 saturated carbocycles. The summed E-state index contributed by atoms with van der Waals surface area (Å²) < 4.78 is 6.05. The van der Waals surface area contributed by atoms with Gasteiger partial charge in [-0.15, -0.1) is 0 Å². The quantitative estimate of drug-likeness (QED) is 0.717. The number of morpholine rings is 1. The van der Waals surface area contributed by atoms with Crippen LogP contribution >= 0.6 is 0 Å². The summed E-state index contributed by atoms with van der Waals surface area (Å²) in [7, 11) is 0. The van der Waals surface area contributed by atoms with Crippen LogP contribution in [0.2, 0.25) is 0 Å². The van der Waals surface area contributed by atoms with E-state index in [0.717, 1.165) is 6.61 Å². The Morgan fingerprint density at radius 3 is 2.88 bits per heavy atom. The SMILES string of the molecule is C[C@@H]1[C@H](c2ccccc2)OC[C@H]2CCCN21. The van der Waals surface area contributed by atoms with Crippen molar-refractivity contribution in [1.82, 2.24) is 4.90 Å². The highest BCUT2D eigenvalue weighted by molar-refractivity contribution is 5.20. The fourth-order valence-electron chi connectivity index (χ4n) is 3.12. The smallest absolute Gasteiger partial charge is 0.0978 e. The number of nitrogens with zero attached hydrogens (tertiary/aromatic N) is 1. The molecule has 16 heavy (non-hydrogen) atoms. The van der Waals surface area contributed by atoms with Gasteiger partial charge in [0.1, 0.15) is 0 Å². The van der Waals surface area contributed by atoms with E-state index in [1.165, 1.54) is 24.9 Å². The molecule has 3 rings (SSSR count). The van der Waals surface area contributed by atoms with Gasteiger partial charge in [0, 0.05) is 12.1 Å². The average molecular weight is 217 g/mol. The second kappa shape index (κ2) is 4.19. The van der Waals surface area contributed by atoms with Crippen molar-refractivity contribution in [3.63, 3.8) is 0 Å². The maximum atomic E-state index is 6.05. The Morgan fingerprint density at radius 1 is 1.25 bits per heavy atom. The van der Waals surface area contributed by atoms with Crippen molar-refractivity contribution >= 4 is 0 Å². The number of ether oxygens (including phenoxy) is 1. The summed E-state index contributed by atoms with van der Waals surface area (Å²) in [4.78, 5) is 2.63. The van der Waals surface area contributed by atoms with Crippen LogP contribution in [0.5, 0.6) is 0 Å². The molecule has 2 aliphatic heterocycles. The van der Waals surface area contributed by atoms with E-state index >= 15 is 0 Å². The molecule has 0 unspecified atom stereocenters. The molecule has 0 spiro atoms. The van der Waals surface area contributed by atoms with Gasteiger partial charge in [0.15, 0.2) is 0 Å². The van der Waals surface area contributed by atoms with E-state index in [-0.39, 0.29) is 6.10 Å². The van der Waals surface area contributed by atoms with Crippen LogP contribution in [0.1, 0.15) is 31.4 Å². The fourth-order valence-corrected chi connectivity index (χ4v) is 3.12. The molecule has 86 valence electrons. The molecule has 2 heterocycles. The van der Waals surface area contributed by atoms with Gasteiger partial charge in [0.25, 0.3) is 0 Å². The van der Waals surface area contributed by atoms with Crippen molar-refractivity contribution in [2.45, 2.75) is 38.0 Å². The normalized spacial score (nSPS) is 34.9. The van der Waals surface area contributed by atoms with Crippen molar-refractivity contribution in [3.05, 3.63) is 35.9 Å². The minimum Gasteiger partial charge on any atom is -0.370 e. The van der Waals surface area contributed by atoms with Crippen molar-refractivity contribution in [3.8, 4) is 0 Å². The second-order valence-corrected chi connectivity index (χ2v) is 4.94. The van der Waals surface area contributed by atoms with Gasteiger partial charge in [-0.25, -0.2) is 0 Å². The van der Waals surface area contributed by atoms with Gasteiger partial charge in [0.05, 0.1) is 12.7 Å². The lowest BCUT2D eigenvalue weighted by Crippen LogP contribution is -2.48. The molecule has 2 nitrogen and oxygen atoms in total. The molecule has 0 amide bonds.